The van der Waals surface area contributed by atoms with Crippen LogP contribution in [0.5, 0.6) is 5.75 Å². The molecule has 0 spiro atoms. The van der Waals surface area contributed by atoms with Crippen LogP contribution in [0.2, 0.25) is 0 Å². The van der Waals surface area contributed by atoms with Gasteiger partial charge < -0.3 is 15.0 Å². The van der Waals surface area contributed by atoms with E-state index in [1.165, 1.54) is 5.56 Å². The van der Waals surface area contributed by atoms with Crippen molar-refractivity contribution in [3.05, 3.63) is 35.7 Å². The third-order valence-corrected chi connectivity index (χ3v) is 6.14. The predicted molar refractivity (Wildman–Crippen MR) is 107 cm³/mol. The fourth-order valence-electron chi connectivity index (χ4n) is 3.46. The number of carbonyl (C=O) groups is 1. The van der Waals surface area contributed by atoms with Crippen molar-refractivity contribution in [2.24, 2.45) is 7.05 Å². The van der Waals surface area contributed by atoms with E-state index in [0.29, 0.717) is 5.69 Å². The normalized spacial score (nSPS) is 17.3. The Kier molecular flexibility index (Phi) is 4.73. The minimum Gasteiger partial charge on any atom is -0.494 e. The van der Waals surface area contributed by atoms with Crippen LogP contribution in [0, 0.1) is 6.92 Å². The summed E-state index contributed by atoms with van der Waals surface area (Å²) in [4.78, 5) is 19.5. The number of benzene rings is 1. The molecule has 1 atom stereocenters. The monoisotopic (exact) mass is 385 g/mol. The van der Waals surface area contributed by atoms with Gasteiger partial charge in [0.25, 0.3) is 5.91 Å². The van der Waals surface area contributed by atoms with Crippen LogP contribution < -0.4 is 15.0 Å². The molecule has 142 valence electrons. The smallest absolute Gasteiger partial charge is 0.272 e. The first kappa shape index (κ1) is 17.8. The molecule has 7 nitrogen and oxygen atoms in total. The molecule has 27 heavy (non-hydrogen) atoms. The number of thiazole rings is 1. The van der Waals surface area contributed by atoms with Gasteiger partial charge in [-0.05, 0) is 37.5 Å². The molecule has 3 heterocycles. The molecule has 1 saturated heterocycles. The molecule has 1 fully saturated rings. The van der Waals surface area contributed by atoms with Crippen molar-refractivity contribution in [3.63, 3.8) is 0 Å². The van der Waals surface area contributed by atoms with Crippen molar-refractivity contribution >= 4 is 32.6 Å². The van der Waals surface area contributed by atoms with E-state index in [1.54, 1.807) is 35.4 Å². The van der Waals surface area contributed by atoms with Crippen LogP contribution >= 0.6 is 11.3 Å². The maximum absolute atomic E-state index is 12.4. The van der Waals surface area contributed by atoms with Crippen LogP contribution in [0.15, 0.2) is 24.4 Å². The van der Waals surface area contributed by atoms with Gasteiger partial charge in [-0.15, -0.1) is 0 Å². The number of methoxy groups -OCH3 is 1. The summed E-state index contributed by atoms with van der Waals surface area (Å²) in [6.45, 7) is 3.78. The lowest BCUT2D eigenvalue weighted by atomic mass is 10.1. The second-order valence-corrected chi connectivity index (χ2v) is 7.87. The van der Waals surface area contributed by atoms with Crippen LogP contribution in [0.4, 0.5) is 5.13 Å². The summed E-state index contributed by atoms with van der Waals surface area (Å²) in [6, 6.07) is 5.85. The highest BCUT2D eigenvalue weighted by Gasteiger charge is 2.25. The highest BCUT2D eigenvalue weighted by atomic mass is 32.1. The molecule has 1 amide bonds. The Labute approximate surface area is 162 Å². The van der Waals surface area contributed by atoms with Gasteiger partial charge in [0, 0.05) is 32.4 Å². The molecule has 1 aliphatic rings. The quantitative estimate of drug-likeness (QED) is 0.748. The number of ether oxygens (including phenoxy) is 1. The number of fused-ring (bicyclic) bond motifs is 1. The number of aromatic nitrogens is 3. The molecular weight excluding hydrogens is 362 g/mol. The van der Waals surface area contributed by atoms with Crippen LogP contribution in [0.3, 0.4) is 0 Å². The van der Waals surface area contributed by atoms with Crippen LogP contribution in [-0.2, 0) is 7.05 Å². The third-order valence-electron chi connectivity index (χ3n) is 4.89. The van der Waals surface area contributed by atoms with Gasteiger partial charge in [0.15, 0.2) is 5.13 Å². The van der Waals surface area contributed by atoms with E-state index in [9.17, 15) is 4.79 Å². The first-order valence-corrected chi connectivity index (χ1v) is 9.86. The molecule has 1 aromatic carbocycles. The average Bonchev–Trinajstić information content (AvgIpc) is 3.30. The van der Waals surface area contributed by atoms with E-state index in [0.717, 1.165) is 47.0 Å². The molecule has 8 heteroatoms. The first-order chi connectivity index (χ1) is 13.0. The highest BCUT2D eigenvalue weighted by Crippen LogP contribution is 2.37. The fourth-order valence-corrected chi connectivity index (χ4v) is 4.55. The predicted octanol–water partition coefficient (Wildman–Crippen LogP) is 2.75. The standard InChI is InChI=1S/C19H23N5O2S/c1-12-6-7-15(26-3)16-17(12)27-19(21-16)24-9-4-5-13(11-24)20-18(25)14-8-10-23(2)22-14/h6-8,10,13H,4-5,9,11H2,1-3H3,(H,20,25). The summed E-state index contributed by atoms with van der Waals surface area (Å²) in [5, 5.41) is 8.27. The van der Waals surface area contributed by atoms with Crippen molar-refractivity contribution in [2.45, 2.75) is 25.8 Å². The summed E-state index contributed by atoms with van der Waals surface area (Å²) < 4.78 is 8.26. The Morgan fingerprint density at radius 3 is 2.96 bits per heavy atom. The lowest BCUT2D eigenvalue weighted by molar-refractivity contribution is 0.0927. The Morgan fingerprint density at radius 1 is 1.37 bits per heavy atom. The van der Waals surface area contributed by atoms with Gasteiger partial charge in [-0.2, -0.15) is 5.10 Å². The van der Waals surface area contributed by atoms with E-state index in [1.807, 2.05) is 13.1 Å². The Bertz CT molecular complexity index is 980. The topological polar surface area (TPSA) is 72.3 Å². The number of anilines is 1. The SMILES string of the molecule is COc1ccc(C)c2sc(N3CCCC(NC(=O)c4ccn(C)n4)C3)nc12. The summed E-state index contributed by atoms with van der Waals surface area (Å²) in [7, 11) is 3.48. The highest BCUT2D eigenvalue weighted by molar-refractivity contribution is 7.22. The largest absolute Gasteiger partial charge is 0.494 e. The minimum absolute atomic E-state index is 0.0864. The van der Waals surface area contributed by atoms with Gasteiger partial charge >= 0.3 is 0 Å². The molecule has 4 rings (SSSR count). The molecule has 2 aromatic heterocycles. The molecule has 3 aromatic rings. The maximum Gasteiger partial charge on any atom is 0.272 e. The van der Waals surface area contributed by atoms with E-state index < -0.39 is 0 Å². The molecule has 0 bridgehead atoms. The summed E-state index contributed by atoms with van der Waals surface area (Å²) in [6.07, 6.45) is 3.75. The maximum atomic E-state index is 12.4. The molecule has 1 N–H and O–H groups in total. The minimum atomic E-state index is -0.121. The molecular formula is C19H23N5O2S. The number of nitrogens with zero attached hydrogens (tertiary/aromatic N) is 4. The van der Waals surface area contributed by atoms with Gasteiger partial charge in [-0.25, -0.2) is 4.98 Å². The number of carbonyl (C=O) groups excluding carboxylic acids is 1. The number of hydrogen-bond acceptors (Lipinski definition) is 6. The summed E-state index contributed by atoms with van der Waals surface area (Å²) >= 11 is 1.69. The summed E-state index contributed by atoms with van der Waals surface area (Å²) in [5.41, 5.74) is 2.57. The Balaban J connectivity index is 1.52. The third kappa shape index (κ3) is 3.49. The summed E-state index contributed by atoms with van der Waals surface area (Å²) in [5.74, 6) is 0.680. The van der Waals surface area contributed by atoms with E-state index >= 15 is 0 Å². The number of rotatable bonds is 4. The van der Waals surface area contributed by atoms with Crippen LogP contribution in [0.25, 0.3) is 10.2 Å². The van der Waals surface area contributed by atoms with E-state index in [4.69, 9.17) is 9.72 Å². The average molecular weight is 385 g/mol. The molecule has 0 aliphatic carbocycles. The lowest BCUT2D eigenvalue weighted by Gasteiger charge is -2.32. The number of aryl methyl sites for hydroxylation is 2. The molecule has 0 saturated carbocycles. The molecule has 1 aliphatic heterocycles. The van der Waals surface area contributed by atoms with Crippen LogP contribution in [0.1, 0.15) is 28.9 Å². The van der Waals surface area contributed by atoms with Crippen molar-refractivity contribution in [1.29, 1.82) is 0 Å². The Hall–Kier alpha value is -2.61. The Morgan fingerprint density at radius 2 is 2.22 bits per heavy atom. The zero-order valence-electron chi connectivity index (χ0n) is 15.7. The molecule has 0 radical (unpaired) electrons. The fraction of sp³-hybridized carbons (Fsp3) is 0.421. The van der Waals surface area contributed by atoms with E-state index in [2.05, 4.69) is 28.3 Å². The van der Waals surface area contributed by atoms with Gasteiger partial charge in [-0.3, -0.25) is 9.48 Å². The lowest BCUT2D eigenvalue weighted by Crippen LogP contribution is -2.47. The number of piperidine rings is 1. The molecule has 1 unspecified atom stereocenters. The number of nitrogens with one attached hydrogen (secondary N) is 1. The van der Waals surface area contributed by atoms with Gasteiger partial charge in [0.1, 0.15) is 17.0 Å². The van der Waals surface area contributed by atoms with Gasteiger partial charge in [0.2, 0.25) is 0 Å². The first-order valence-electron chi connectivity index (χ1n) is 9.04. The van der Waals surface area contributed by atoms with Crippen molar-refractivity contribution in [2.75, 3.05) is 25.1 Å². The van der Waals surface area contributed by atoms with E-state index in [-0.39, 0.29) is 11.9 Å². The van der Waals surface area contributed by atoms with Gasteiger partial charge in [-0.1, -0.05) is 17.4 Å². The second-order valence-electron chi connectivity index (χ2n) is 6.89. The zero-order valence-corrected chi connectivity index (χ0v) is 16.5. The van der Waals surface area contributed by atoms with Crippen molar-refractivity contribution < 1.29 is 9.53 Å². The van der Waals surface area contributed by atoms with Gasteiger partial charge in [0.05, 0.1) is 11.8 Å². The number of hydrogen-bond donors (Lipinski definition) is 1. The second kappa shape index (κ2) is 7.19. The van der Waals surface area contributed by atoms with Crippen molar-refractivity contribution in [1.82, 2.24) is 20.1 Å². The van der Waals surface area contributed by atoms with Crippen molar-refractivity contribution in [3.8, 4) is 5.75 Å². The zero-order chi connectivity index (χ0) is 19.0. The van der Waals surface area contributed by atoms with Crippen LogP contribution in [-0.4, -0.2) is 46.9 Å². The number of amides is 1.